The molecule has 0 aromatic carbocycles. The molecule has 2 heterocycles. The number of nitrogens with two attached hydrogens (primary N) is 1. The van der Waals surface area contributed by atoms with Crippen LogP contribution < -0.4 is 11.4 Å². The molecule has 5 heteroatoms. The van der Waals surface area contributed by atoms with Gasteiger partial charge in [-0.2, -0.15) is 0 Å². The third-order valence-electron chi connectivity index (χ3n) is 3.65. The summed E-state index contributed by atoms with van der Waals surface area (Å²) in [6, 6.07) is 0.597. The molecule has 3 rings (SSSR count). The maximum Gasteiger partial charge on any atom is 0.326 e. The summed E-state index contributed by atoms with van der Waals surface area (Å²) in [7, 11) is 0. The van der Waals surface area contributed by atoms with Crippen molar-refractivity contribution in [2.24, 2.45) is 5.73 Å². The number of fused-ring (bicyclic) bond motifs is 1. The second-order valence-electron chi connectivity index (χ2n) is 4.80. The first kappa shape index (κ1) is 10.5. The van der Waals surface area contributed by atoms with Gasteiger partial charge in [0.2, 0.25) is 0 Å². The number of aromatic amines is 1. The molecule has 16 heavy (non-hydrogen) atoms. The number of aromatic nitrogens is 2. The van der Waals surface area contributed by atoms with Crippen molar-refractivity contribution in [3.05, 3.63) is 21.9 Å². The Labute approximate surface area is 98.6 Å². The molecular formula is C11H17N3OS. The average molecular weight is 239 g/mol. The minimum absolute atomic E-state index is 0.0735. The van der Waals surface area contributed by atoms with Crippen LogP contribution in [-0.2, 0) is 11.5 Å². The standard InChI is InChI=1S/C11H17N3OS/c12-7-2-1-3-8(4-7)14-10-6-16-5-9(10)13-11(14)15/h7-8H,1-6,12H2,(H,13,15). The smallest absolute Gasteiger partial charge is 0.326 e. The van der Waals surface area contributed by atoms with Crippen molar-refractivity contribution in [3.8, 4) is 0 Å². The highest BCUT2D eigenvalue weighted by Gasteiger charge is 2.27. The Morgan fingerprint density at radius 1 is 1.38 bits per heavy atom. The molecule has 1 aliphatic carbocycles. The summed E-state index contributed by atoms with van der Waals surface area (Å²) in [5.74, 6) is 1.93. The molecule has 1 aromatic heterocycles. The molecular weight excluding hydrogens is 222 g/mol. The van der Waals surface area contributed by atoms with Crippen molar-refractivity contribution in [1.82, 2.24) is 9.55 Å². The molecule has 0 amide bonds. The maximum atomic E-state index is 11.9. The van der Waals surface area contributed by atoms with Crippen molar-refractivity contribution < 1.29 is 0 Å². The van der Waals surface area contributed by atoms with Crippen molar-refractivity contribution in [2.45, 2.75) is 49.3 Å². The van der Waals surface area contributed by atoms with Crippen LogP contribution in [0.15, 0.2) is 4.79 Å². The predicted octanol–water partition coefficient (Wildman–Crippen LogP) is 1.37. The van der Waals surface area contributed by atoms with Gasteiger partial charge in [0.1, 0.15) is 0 Å². The minimum atomic E-state index is 0.0735. The van der Waals surface area contributed by atoms with Gasteiger partial charge < -0.3 is 10.7 Å². The fraction of sp³-hybridized carbons (Fsp3) is 0.727. The summed E-state index contributed by atoms with van der Waals surface area (Å²) < 4.78 is 1.98. The lowest BCUT2D eigenvalue weighted by Crippen LogP contribution is -2.33. The summed E-state index contributed by atoms with van der Waals surface area (Å²) in [4.78, 5) is 14.9. The van der Waals surface area contributed by atoms with Gasteiger partial charge in [-0.25, -0.2) is 4.79 Å². The number of rotatable bonds is 1. The molecule has 88 valence electrons. The number of thioether (sulfide) groups is 1. The Morgan fingerprint density at radius 3 is 3.06 bits per heavy atom. The van der Waals surface area contributed by atoms with Crippen LogP contribution in [-0.4, -0.2) is 15.6 Å². The lowest BCUT2D eigenvalue weighted by atomic mass is 9.91. The van der Waals surface area contributed by atoms with E-state index >= 15 is 0 Å². The lowest BCUT2D eigenvalue weighted by Gasteiger charge is -2.28. The van der Waals surface area contributed by atoms with Crippen LogP contribution in [0.3, 0.4) is 0 Å². The third kappa shape index (κ3) is 1.62. The molecule has 1 saturated carbocycles. The Morgan fingerprint density at radius 2 is 2.25 bits per heavy atom. The van der Waals surface area contributed by atoms with Crippen molar-refractivity contribution in [1.29, 1.82) is 0 Å². The van der Waals surface area contributed by atoms with Gasteiger partial charge in [-0.1, -0.05) is 0 Å². The second kappa shape index (κ2) is 3.96. The second-order valence-corrected chi connectivity index (χ2v) is 5.78. The van der Waals surface area contributed by atoms with Crippen LogP contribution >= 0.6 is 11.8 Å². The van der Waals surface area contributed by atoms with Gasteiger partial charge in [-0.15, -0.1) is 11.8 Å². The summed E-state index contributed by atoms with van der Waals surface area (Å²) in [5.41, 5.74) is 8.42. The first-order valence-corrected chi connectivity index (χ1v) is 7.07. The van der Waals surface area contributed by atoms with Gasteiger partial charge in [0.05, 0.1) is 5.69 Å². The zero-order valence-electron chi connectivity index (χ0n) is 9.24. The summed E-state index contributed by atoms with van der Waals surface area (Å²) in [5, 5.41) is 0. The Kier molecular flexibility index (Phi) is 2.59. The molecule has 0 radical (unpaired) electrons. The van der Waals surface area contributed by atoms with E-state index in [2.05, 4.69) is 4.98 Å². The van der Waals surface area contributed by atoms with E-state index in [-0.39, 0.29) is 11.7 Å². The molecule has 2 aliphatic rings. The molecule has 1 aliphatic heterocycles. The normalized spacial score (nSPS) is 29.3. The third-order valence-corrected chi connectivity index (χ3v) is 4.62. The highest BCUT2D eigenvalue weighted by molar-refractivity contribution is 7.98. The van der Waals surface area contributed by atoms with Gasteiger partial charge >= 0.3 is 5.69 Å². The highest BCUT2D eigenvalue weighted by Crippen LogP contribution is 2.33. The summed E-state index contributed by atoms with van der Waals surface area (Å²) in [6.07, 6.45) is 4.30. The number of hydrogen-bond acceptors (Lipinski definition) is 3. The quantitative estimate of drug-likeness (QED) is 0.778. The number of nitrogens with zero attached hydrogens (tertiary/aromatic N) is 1. The van der Waals surface area contributed by atoms with E-state index < -0.39 is 0 Å². The first-order chi connectivity index (χ1) is 7.75. The van der Waals surface area contributed by atoms with Crippen LogP contribution in [0.25, 0.3) is 0 Å². The summed E-state index contributed by atoms with van der Waals surface area (Å²) >= 11 is 1.87. The highest BCUT2D eigenvalue weighted by atomic mass is 32.2. The fourth-order valence-corrected chi connectivity index (χ4v) is 3.93. The largest absolute Gasteiger partial charge is 0.328 e. The van der Waals surface area contributed by atoms with Gasteiger partial charge in [-0.3, -0.25) is 4.57 Å². The monoisotopic (exact) mass is 239 g/mol. The van der Waals surface area contributed by atoms with E-state index in [0.717, 1.165) is 42.9 Å². The Hall–Kier alpha value is -0.680. The van der Waals surface area contributed by atoms with E-state index in [1.807, 2.05) is 16.3 Å². The van der Waals surface area contributed by atoms with E-state index in [9.17, 15) is 4.79 Å². The average Bonchev–Trinajstić information content (AvgIpc) is 2.76. The SMILES string of the molecule is NC1CCCC(n2c3c([nH]c2=O)CSC3)C1. The molecule has 3 N–H and O–H groups in total. The van der Waals surface area contributed by atoms with Crippen molar-refractivity contribution in [3.63, 3.8) is 0 Å². The van der Waals surface area contributed by atoms with E-state index in [1.165, 1.54) is 5.69 Å². The molecule has 1 fully saturated rings. The molecule has 0 saturated heterocycles. The van der Waals surface area contributed by atoms with Gasteiger partial charge in [-0.05, 0) is 25.7 Å². The number of nitrogens with one attached hydrogen (secondary N) is 1. The topological polar surface area (TPSA) is 63.8 Å². The van der Waals surface area contributed by atoms with E-state index in [0.29, 0.717) is 6.04 Å². The molecule has 0 bridgehead atoms. The number of imidazole rings is 1. The molecule has 4 nitrogen and oxygen atoms in total. The first-order valence-electron chi connectivity index (χ1n) is 5.91. The Balaban J connectivity index is 1.96. The molecule has 1 aromatic rings. The van der Waals surface area contributed by atoms with E-state index in [1.54, 1.807) is 0 Å². The minimum Gasteiger partial charge on any atom is -0.328 e. The number of H-pyrrole nitrogens is 1. The van der Waals surface area contributed by atoms with Crippen LogP contribution in [0.1, 0.15) is 43.1 Å². The maximum absolute atomic E-state index is 11.9. The molecule has 2 atom stereocenters. The van der Waals surface area contributed by atoms with Gasteiger partial charge in [0, 0.05) is 29.3 Å². The van der Waals surface area contributed by atoms with Crippen molar-refractivity contribution >= 4 is 11.8 Å². The van der Waals surface area contributed by atoms with Crippen LogP contribution in [0.4, 0.5) is 0 Å². The molecule has 0 spiro atoms. The fourth-order valence-electron chi connectivity index (χ4n) is 2.88. The predicted molar refractivity (Wildman–Crippen MR) is 65.5 cm³/mol. The lowest BCUT2D eigenvalue weighted by molar-refractivity contribution is 0.311. The number of hydrogen-bond donors (Lipinski definition) is 2. The summed E-state index contributed by atoms with van der Waals surface area (Å²) in [6.45, 7) is 0. The molecule has 2 unspecified atom stereocenters. The zero-order valence-corrected chi connectivity index (χ0v) is 10.1. The van der Waals surface area contributed by atoms with Crippen LogP contribution in [0, 0.1) is 0 Å². The van der Waals surface area contributed by atoms with Crippen LogP contribution in [0.2, 0.25) is 0 Å². The van der Waals surface area contributed by atoms with E-state index in [4.69, 9.17) is 5.73 Å². The van der Waals surface area contributed by atoms with Crippen LogP contribution in [0.5, 0.6) is 0 Å². The van der Waals surface area contributed by atoms with Gasteiger partial charge in [0.25, 0.3) is 0 Å². The van der Waals surface area contributed by atoms with Crippen molar-refractivity contribution in [2.75, 3.05) is 0 Å². The Bertz CT molecular complexity index is 451. The zero-order chi connectivity index (χ0) is 11.1. The van der Waals surface area contributed by atoms with Gasteiger partial charge in [0.15, 0.2) is 0 Å².